The van der Waals surface area contributed by atoms with E-state index in [9.17, 15) is 0 Å². The molecule has 11 rings (SSSR count). The van der Waals surface area contributed by atoms with Crippen molar-refractivity contribution in [3.8, 4) is 67.3 Å². The molecule has 0 fully saturated rings. The van der Waals surface area contributed by atoms with Gasteiger partial charge in [0.2, 0.25) is 0 Å². The Morgan fingerprint density at radius 2 is 0.607 bits per heavy atom. The Labute approximate surface area is 323 Å². The molecule has 0 atom stereocenters. The van der Waals surface area contributed by atoms with Crippen molar-refractivity contribution in [1.29, 1.82) is 0 Å². The minimum Gasteiger partial charge on any atom is -0.338 e. The molecular formula is C52H34N4. The molecular weight excluding hydrogens is 681 g/mol. The molecule has 0 radical (unpaired) electrons. The lowest BCUT2D eigenvalue weighted by Crippen LogP contribution is -1.92. The van der Waals surface area contributed by atoms with Crippen molar-refractivity contribution in [3.05, 3.63) is 194 Å². The van der Waals surface area contributed by atoms with Gasteiger partial charge in [-0.15, -0.1) is 0 Å². The Morgan fingerprint density at radius 1 is 0.268 bits per heavy atom. The van der Waals surface area contributed by atoms with Crippen molar-refractivity contribution in [2.24, 2.45) is 0 Å². The predicted molar refractivity (Wildman–Crippen MR) is 233 cm³/mol. The van der Waals surface area contributed by atoms with Crippen LogP contribution in [0.25, 0.3) is 111 Å². The molecule has 0 bridgehead atoms. The number of rotatable bonds is 6. The van der Waals surface area contributed by atoms with Crippen molar-refractivity contribution < 1.29 is 0 Å². The highest BCUT2D eigenvalue weighted by molar-refractivity contribution is 6.22. The zero-order valence-corrected chi connectivity index (χ0v) is 30.4. The molecule has 9 aromatic carbocycles. The van der Waals surface area contributed by atoms with Crippen molar-refractivity contribution in [2.75, 3.05) is 0 Å². The zero-order chi connectivity index (χ0) is 37.0. The van der Waals surface area contributed by atoms with Gasteiger partial charge >= 0.3 is 0 Å². The molecule has 0 saturated heterocycles. The van der Waals surface area contributed by atoms with Gasteiger partial charge in [-0.1, -0.05) is 158 Å². The summed E-state index contributed by atoms with van der Waals surface area (Å²) in [5.74, 6) is 1.75. The summed E-state index contributed by atoms with van der Waals surface area (Å²) in [6, 6.07) is 69.2. The molecule has 262 valence electrons. The van der Waals surface area contributed by atoms with Crippen LogP contribution in [0.1, 0.15) is 0 Å². The van der Waals surface area contributed by atoms with E-state index >= 15 is 0 Å². The number of hydrogen-bond donors (Lipinski definition) is 2. The molecule has 0 saturated carbocycles. The largest absolute Gasteiger partial charge is 0.338 e. The lowest BCUT2D eigenvalue weighted by molar-refractivity contribution is 1.34. The van der Waals surface area contributed by atoms with Gasteiger partial charge in [0, 0.05) is 11.1 Å². The van der Waals surface area contributed by atoms with E-state index in [1.54, 1.807) is 0 Å². The molecule has 2 aromatic heterocycles. The van der Waals surface area contributed by atoms with Crippen LogP contribution in [0.15, 0.2) is 194 Å². The molecule has 0 amide bonds. The van der Waals surface area contributed by atoms with E-state index in [2.05, 4.69) is 168 Å². The van der Waals surface area contributed by atoms with Crippen LogP contribution in [0.5, 0.6) is 0 Å². The van der Waals surface area contributed by atoms with Gasteiger partial charge in [-0.05, 0) is 102 Å². The van der Waals surface area contributed by atoms with Gasteiger partial charge in [-0.2, -0.15) is 0 Å². The van der Waals surface area contributed by atoms with Gasteiger partial charge in [0.25, 0.3) is 0 Å². The molecule has 4 nitrogen and oxygen atoms in total. The fourth-order valence-electron chi connectivity index (χ4n) is 8.26. The number of fused-ring (bicyclic) bond motifs is 4. The van der Waals surface area contributed by atoms with E-state index in [0.29, 0.717) is 0 Å². The summed E-state index contributed by atoms with van der Waals surface area (Å²) in [5.41, 5.74) is 15.5. The lowest BCUT2D eigenvalue weighted by Gasteiger charge is -2.19. The molecule has 4 heteroatoms. The molecule has 0 aliphatic carbocycles. The topological polar surface area (TPSA) is 57.4 Å². The van der Waals surface area contributed by atoms with Crippen molar-refractivity contribution >= 4 is 43.6 Å². The molecule has 0 spiro atoms. The van der Waals surface area contributed by atoms with Gasteiger partial charge < -0.3 is 9.97 Å². The first kappa shape index (κ1) is 31.9. The maximum absolute atomic E-state index is 5.00. The van der Waals surface area contributed by atoms with E-state index < -0.39 is 0 Å². The summed E-state index contributed by atoms with van der Waals surface area (Å²) in [4.78, 5) is 17.0. The first-order chi connectivity index (χ1) is 27.7. The highest BCUT2D eigenvalue weighted by Gasteiger charge is 2.19. The third-order valence-electron chi connectivity index (χ3n) is 11.0. The summed E-state index contributed by atoms with van der Waals surface area (Å²) >= 11 is 0. The summed E-state index contributed by atoms with van der Waals surface area (Å²) < 4.78 is 0. The van der Waals surface area contributed by atoms with Gasteiger partial charge in [0.1, 0.15) is 11.6 Å². The van der Waals surface area contributed by atoms with Gasteiger partial charge in [0.15, 0.2) is 0 Å². The number of aromatic nitrogens is 4. The van der Waals surface area contributed by atoms with Crippen LogP contribution in [0, 0.1) is 0 Å². The van der Waals surface area contributed by atoms with Crippen LogP contribution >= 0.6 is 0 Å². The fraction of sp³-hybridized carbons (Fsp3) is 0. The van der Waals surface area contributed by atoms with Gasteiger partial charge in [-0.25, -0.2) is 9.97 Å². The summed E-state index contributed by atoms with van der Waals surface area (Å²) in [6.07, 6.45) is 0. The SMILES string of the molecule is c1ccc(-c2nc3cc(-c4ccc5c(-c6ccccc6)c6cc(-c7ccc8[nH]c(-c9ccccc9)nc8c7)ccc6c(-c6ccccc6)c5c4)ccc3[nH]2)cc1. The average molecular weight is 715 g/mol. The van der Waals surface area contributed by atoms with Crippen LogP contribution in [0.3, 0.4) is 0 Å². The molecule has 56 heavy (non-hydrogen) atoms. The first-order valence-electron chi connectivity index (χ1n) is 19.0. The maximum Gasteiger partial charge on any atom is 0.138 e. The molecule has 2 N–H and O–H groups in total. The van der Waals surface area contributed by atoms with Crippen LogP contribution in [-0.4, -0.2) is 19.9 Å². The minimum atomic E-state index is 0.877. The predicted octanol–water partition coefficient (Wildman–Crippen LogP) is 13.7. The van der Waals surface area contributed by atoms with Crippen molar-refractivity contribution in [1.82, 2.24) is 19.9 Å². The second-order valence-electron chi connectivity index (χ2n) is 14.4. The Balaban J connectivity index is 1.12. The monoisotopic (exact) mass is 714 g/mol. The van der Waals surface area contributed by atoms with Crippen molar-refractivity contribution in [3.63, 3.8) is 0 Å². The van der Waals surface area contributed by atoms with E-state index in [1.165, 1.54) is 43.8 Å². The Hall–Kier alpha value is -7.56. The highest BCUT2D eigenvalue weighted by atomic mass is 14.9. The second kappa shape index (κ2) is 13.1. The van der Waals surface area contributed by atoms with E-state index in [0.717, 1.165) is 67.1 Å². The molecule has 0 aliphatic rings. The van der Waals surface area contributed by atoms with Gasteiger partial charge in [-0.3, -0.25) is 0 Å². The number of hydrogen-bond acceptors (Lipinski definition) is 2. The third-order valence-corrected chi connectivity index (χ3v) is 11.0. The standard InChI is InChI=1S/C52H34N4/c1-5-13-33(14-6-1)49-41-25-21-38(40-24-28-46-48(32-40)56-52(54-46)36-19-11-4-12-20-36)30-44(41)50(34-15-7-2-8-16-34)42-26-22-37(29-43(42)49)39-23-27-45-47(31-39)55-51(53-45)35-17-9-3-10-18-35/h1-32H,(H,53,55)(H,54,56). The van der Waals surface area contributed by atoms with Gasteiger partial charge in [0.05, 0.1) is 22.1 Å². The summed E-state index contributed by atoms with van der Waals surface area (Å²) in [6.45, 7) is 0. The number of imidazole rings is 2. The third kappa shape index (κ3) is 5.47. The van der Waals surface area contributed by atoms with Crippen molar-refractivity contribution in [2.45, 2.75) is 0 Å². The fourth-order valence-corrected chi connectivity index (χ4v) is 8.26. The molecule has 2 heterocycles. The van der Waals surface area contributed by atoms with Crippen LogP contribution in [-0.2, 0) is 0 Å². The molecule has 0 aliphatic heterocycles. The number of aromatic amines is 2. The number of nitrogens with zero attached hydrogens (tertiary/aromatic N) is 2. The average Bonchev–Trinajstić information content (AvgIpc) is 3.91. The lowest BCUT2D eigenvalue weighted by atomic mass is 9.84. The smallest absolute Gasteiger partial charge is 0.138 e. The minimum absolute atomic E-state index is 0.877. The Bertz CT molecular complexity index is 3000. The first-order valence-corrected chi connectivity index (χ1v) is 19.0. The number of H-pyrrole nitrogens is 2. The van der Waals surface area contributed by atoms with Crippen LogP contribution in [0.4, 0.5) is 0 Å². The summed E-state index contributed by atoms with van der Waals surface area (Å²) in [7, 11) is 0. The number of benzene rings is 9. The molecule has 0 unspecified atom stereocenters. The van der Waals surface area contributed by atoms with Crippen LogP contribution < -0.4 is 0 Å². The van der Waals surface area contributed by atoms with E-state index in [1.807, 2.05) is 36.4 Å². The molecule has 11 aromatic rings. The maximum atomic E-state index is 5.00. The second-order valence-corrected chi connectivity index (χ2v) is 14.4. The highest BCUT2D eigenvalue weighted by Crippen LogP contribution is 2.46. The zero-order valence-electron chi connectivity index (χ0n) is 30.4. The van der Waals surface area contributed by atoms with E-state index in [4.69, 9.17) is 9.97 Å². The Kier molecular flexibility index (Phi) is 7.46. The van der Waals surface area contributed by atoms with Crippen LogP contribution in [0.2, 0.25) is 0 Å². The number of nitrogens with one attached hydrogen (secondary N) is 2. The summed E-state index contributed by atoms with van der Waals surface area (Å²) in [5, 5.41) is 4.86. The Morgan fingerprint density at radius 3 is 1.00 bits per heavy atom. The van der Waals surface area contributed by atoms with E-state index in [-0.39, 0.29) is 0 Å². The normalized spacial score (nSPS) is 11.6. The quantitative estimate of drug-likeness (QED) is 0.169.